The highest BCUT2D eigenvalue weighted by Crippen LogP contribution is 2.42. The van der Waals surface area contributed by atoms with Crippen molar-refractivity contribution < 1.29 is 14.4 Å². The molecule has 0 saturated heterocycles. The number of nitrogens with one attached hydrogen (secondary N) is 1. The van der Waals surface area contributed by atoms with E-state index < -0.39 is 11.8 Å². The molecule has 5 aromatic rings. The van der Waals surface area contributed by atoms with E-state index in [4.69, 9.17) is 28.3 Å². The Morgan fingerprint density at radius 3 is 2.35 bits per heavy atom. The minimum atomic E-state index is -0.432. The van der Waals surface area contributed by atoms with Crippen molar-refractivity contribution in [2.24, 2.45) is 0 Å². The molecule has 6 rings (SSSR count). The van der Waals surface area contributed by atoms with Crippen LogP contribution in [-0.2, 0) is 0 Å². The fourth-order valence-electron chi connectivity index (χ4n) is 4.28. The van der Waals surface area contributed by atoms with Crippen LogP contribution in [0.4, 0.5) is 5.69 Å². The van der Waals surface area contributed by atoms with Gasteiger partial charge in [-0.2, -0.15) is 5.10 Å². The Kier molecular flexibility index (Phi) is 5.60. The number of hydrogen-bond donors (Lipinski definition) is 1. The number of halogens is 2. The molecule has 0 saturated carbocycles. The molecule has 3 aromatic carbocycles. The Labute approximate surface area is 224 Å². The van der Waals surface area contributed by atoms with Gasteiger partial charge in [-0.25, -0.2) is 4.68 Å². The van der Waals surface area contributed by atoms with Gasteiger partial charge in [0.15, 0.2) is 0 Å². The molecule has 3 amide bonds. The Morgan fingerprint density at radius 2 is 1.62 bits per heavy atom. The van der Waals surface area contributed by atoms with Crippen LogP contribution in [0.15, 0.2) is 72.8 Å². The lowest BCUT2D eigenvalue weighted by atomic mass is 10.1. The molecule has 1 aliphatic heterocycles. The van der Waals surface area contributed by atoms with Gasteiger partial charge in [-0.05, 0) is 42.5 Å². The molecule has 0 bridgehead atoms. The van der Waals surface area contributed by atoms with Crippen LogP contribution in [0.3, 0.4) is 0 Å². The summed E-state index contributed by atoms with van der Waals surface area (Å²) in [4.78, 5) is 40.0. The SMILES string of the molecule is CN1C(=O)c2ccc(NC(=O)c3sc4c(c(-c5ccc(Cl)cc5)nn4-c4ccccc4)c3Cl)cc2C1=O. The monoisotopic (exact) mass is 546 g/mol. The highest BCUT2D eigenvalue weighted by Gasteiger charge is 2.33. The molecule has 0 radical (unpaired) electrons. The van der Waals surface area contributed by atoms with E-state index in [1.165, 1.54) is 30.5 Å². The maximum absolute atomic E-state index is 13.4. The Hall–Kier alpha value is -3.98. The van der Waals surface area contributed by atoms with Crippen molar-refractivity contribution in [3.8, 4) is 16.9 Å². The van der Waals surface area contributed by atoms with Gasteiger partial charge in [-0.15, -0.1) is 11.3 Å². The third-order valence-electron chi connectivity index (χ3n) is 6.13. The van der Waals surface area contributed by atoms with Gasteiger partial charge in [-0.3, -0.25) is 19.3 Å². The van der Waals surface area contributed by atoms with Gasteiger partial charge < -0.3 is 5.32 Å². The number of thiophene rings is 1. The van der Waals surface area contributed by atoms with Crippen LogP contribution >= 0.6 is 34.5 Å². The molecule has 0 spiro atoms. The van der Waals surface area contributed by atoms with Crippen LogP contribution in [0.1, 0.15) is 30.4 Å². The van der Waals surface area contributed by atoms with Gasteiger partial charge >= 0.3 is 0 Å². The molecule has 37 heavy (non-hydrogen) atoms. The number of nitrogens with zero attached hydrogens (tertiary/aromatic N) is 3. The average Bonchev–Trinajstić information content (AvgIpc) is 3.52. The molecule has 3 heterocycles. The Bertz CT molecular complexity index is 1740. The topological polar surface area (TPSA) is 84.3 Å². The number of imide groups is 1. The molecule has 0 fully saturated rings. The van der Waals surface area contributed by atoms with Crippen molar-refractivity contribution in [1.82, 2.24) is 14.7 Å². The molecule has 182 valence electrons. The largest absolute Gasteiger partial charge is 0.321 e. The van der Waals surface area contributed by atoms with Crippen LogP contribution < -0.4 is 5.32 Å². The first-order chi connectivity index (χ1) is 17.8. The second-order valence-electron chi connectivity index (χ2n) is 8.41. The Balaban J connectivity index is 1.44. The van der Waals surface area contributed by atoms with Crippen molar-refractivity contribution in [3.05, 3.63) is 98.8 Å². The van der Waals surface area contributed by atoms with E-state index in [0.717, 1.165) is 16.2 Å². The highest BCUT2D eigenvalue weighted by atomic mass is 35.5. The normalized spacial score (nSPS) is 12.9. The predicted molar refractivity (Wildman–Crippen MR) is 145 cm³/mol. The first-order valence-electron chi connectivity index (χ1n) is 11.1. The quantitative estimate of drug-likeness (QED) is 0.259. The molecule has 0 aliphatic carbocycles. The lowest BCUT2D eigenvalue weighted by Gasteiger charge is -2.06. The second kappa shape index (κ2) is 8.85. The van der Waals surface area contributed by atoms with E-state index in [0.29, 0.717) is 37.1 Å². The Morgan fingerprint density at radius 1 is 0.919 bits per heavy atom. The minimum absolute atomic E-state index is 0.248. The molecule has 0 atom stereocenters. The summed E-state index contributed by atoms with van der Waals surface area (Å²) < 4.78 is 1.77. The fraction of sp³-hybridized carbons (Fsp3) is 0.0370. The zero-order valence-corrected chi connectivity index (χ0v) is 21.5. The van der Waals surface area contributed by atoms with Gasteiger partial charge in [-0.1, -0.05) is 53.5 Å². The van der Waals surface area contributed by atoms with Crippen LogP contribution in [0.5, 0.6) is 0 Å². The molecule has 10 heteroatoms. The highest BCUT2D eigenvalue weighted by molar-refractivity contribution is 7.21. The number of fused-ring (bicyclic) bond motifs is 2. The number of aromatic nitrogens is 2. The lowest BCUT2D eigenvalue weighted by molar-refractivity contribution is 0.0692. The molecule has 2 aromatic heterocycles. The van der Waals surface area contributed by atoms with Crippen molar-refractivity contribution in [1.29, 1.82) is 0 Å². The van der Waals surface area contributed by atoms with Crippen LogP contribution in [0, 0.1) is 0 Å². The molecule has 1 aliphatic rings. The molecule has 0 unspecified atom stereocenters. The van der Waals surface area contributed by atoms with Crippen molar-refractivity contribution >= 4 is 68.2 Å². The van der Waals surface area contributed by atoms with Crippen molar-refractivity contribution in [2.45, 2.75) is 0 Å². The summed E-state index contributed by atoms with van der Waals surface area (Å²) in [5, 5.41) is 9.16. The maximum atomic E-state index is 13.4. The van der Waals surface area contributed by atoms with Gasteiger partial charge in [0.1, 0.15) is 15.4 Å². The fourth-order valence-corrected chi connectivity index (χ4v) is 5.90. The minimum Gasteiger partial charge on any atom is -0.321 e. The van der Waals surface area contributed by atoms with Crippen molar-refractivity contribution in [2.75, 3.05) is 12.4 Å². The van der Waals surface area contributed by atoms with Gasteiger partial charge in [0.25, 0.3) is 17.7 Å². The van der Waals surface area contributed by atoms with E-state index in [1.54, 1.807) is 22.9 Å². The van der Waals surface area contributed by atoms with Crippen molar-refractivity contribution in [3.63, 3.8) is 0 Å². The van der Waals surface area contributed by atoms with E-state index in [-0.39, 0.29) is 16.5 Å². The first kappa shape index (κ1) is 23.4. The summed E-state index contributed by atoms with van der Waals surface area (Å²) in [5.41, 5.74) is 3.19. The zero-order valence-electron chi connectivity index (χ0n) is 19.2. The summed E-state index contributed by atoms with van der Waals surface area (Å²) in [6.45, 7) is 0. The maximum Gasteiger partial charge on any atom is 0.267 e. The lowest BCUT2D eigenvalue weighted by Crippen LogP contribution is -2.24. The molecular weight excluding hydrogens is 531 g/mol. The third-order valence-corrected chi connectivity index (χ3v) is 8.04. The number of rotatable bonds is 4. The summed E-state index contributed by atoms with van der Waals surface area (Å²) in [7, 11) is 1.42. The van der Waals surface area contributed by atoms with Crippen LogP contribution in [0.25, 0.3) is 27.2 Å². The number of para-hydroxylation sites is 1. The van der Waals surface area contributed by atoms with E-state index in [9.17, 15) is 14.4 Å². The van der Waals surface area contributed by atoms with Crippen LogP contribution in [0.2, 0.25) is 10.0 Å². The van der Waals surface area contributed by atoms with Gasteiger partial charge in [0.2, 0.25) is 0 Å². The number of carbonyl (C=O) groups excluding carboxylic acids is 3. The first-order valence-corrected chi connectivity index (χ1v) is 12.7. The summed E-state index contributed by atoms with van der Waals surface area (Å²) in [6.07, 6.45) is 0. The number of benzene rings is 3. The van der Waals surface area contributed by atoms with Gasteiger partial charge in [0, 0.05) is 23.3 Å². The summed E-state index contributed by atoms with van der Waals surface area (Å²) in [5.74, 6) is -1.21. The standard InChI is InChI=1S/C27H16Cl2N4O3S/c1-32-25(35)18-12-11-16(13-19(18)26(32)36)30-24(34)23-21(29)20-22(14-7-9-15(28)10-8-14)31-33(27(20)37-23)17-5-3-2-4-6-17/h2-13H,1H3,(H,30,34). The second-order valence-corrected chi connectivity index (χ2v) is 10.2. The molecular formula is C27H16Cl2N4O3S. The van der Waals surface area contributed by atoms with Crippen LogP contribution in [-0.4, -0.2) is 39.4 Å². The molecule has 7 nitrogen and oxygen atoms in total. The smallest absolute Gasteiger partial charge is 0.267 e. The average molecular weight is 547 g/mol. The summed E-state index contributed by atoms with van der Waals surface area (Å²) >= 11 is 14.1. The number of carbonyl (C=O) groups is 3. The van der Waals surface area contributed by atoms with E-state index in [2.05, 4.69) is 5.32 Å². The molecule has 1 N–H and O–H groups in total. The third kappa shape index (κ3) is 3.81. The number of anilines is 1. The summed E-state index contributed by atoms with van der Waals surface area (Å²) in [6, 6.07) is 21.5. The predicted octanol–water partition coefficient (Wildman–Crippen LogP) is 6.54. The van der Waals surface area contributed by atoms with E-state index in [1.807, 2.05) is 42.5 Å². The van der Waals surface area contributed by atoms with E-state index >= 15 is 0 Å². The number of hydrogen-bond acceptors (Lipinski definition) is 5. The zero-order chi connectivity index (χ0) is 25.8. The van der Waals surface area contributed by atoms with Gasteiger partial charge in [0.05, 0.1) is 27.2 Å². The number of amides is 3.